The van der Waals surface area contributed by atoms with Crippen LogP contribution in [0.2, 0.25) is 5.02 Å². The Morgan fingerprint density at radius 1 is 1.35 bits per heavy atom. The van der Waals surface area contributed by atoms with Crippen molar-refractivity contribution < 1.29 is 4.74 Å². The van der Waals surface area contributed by atoms with Crippen LogP contribution in [0.25, 0.3) is 0 Å². The fraction of sp³-hybridized carbons (Fsp3) is 0.571. The summed E-state index contributed by atoms with van der Waals surface area (Å²) in [6.45, 7) is 4.48. The number of nitrogens with two attached hydrogens (primary N) is 1. The molecule has 3 rings (SSSR count). The minimum absolute atomic E-state index is 0.0277. The van der Waals surface area contributed by atoms with Gasteiger partial charge >= 0.3 is 0 Å². The molecular formula is C14H18ClNO. The lowest BCUT2D eigenvalue weighted by molar-refractivity contribution is -0.00892. The van der Waals surface area contributed by atoms with Gasteiger partial charge in [0, 0.05) is 28.5 Å². The van der Waals surface area contributed by atoms with Gasteiger partial charge in [0.15, 0.2) is 0 Å². The largest absolute Gasteiger partial charge is 0.487 e. The molecule has 1 aromatic rings. The van der Waals surface area contributed by atoms with Gasteiger partial charge in [-0.2, -0.15) is 0 Å². The molecule has 0 saturated heterocycles. The fourth-order valence-corrected chi connectivity index (χ4v) is 2.98. The molecule has 17 heavy (non-hydrogen) atoms. The van der Waals surface area contributed by atoms with Gasteiger partial charge in [0.1, 0.15) is 11.4 Å². The topological polar surface area (TPSA) is 35.2 Å². The van der Waals surface area contributed by atoms with Crippen LogP contribution in [0.5, 0.6) is 5.75 Å². The molecule has 0 aromatic heterocycles. The van der Waals surface area contributed by atoms with Gasteiger partial charge in [-0.15, -0.1) is 0 Å². The van der Waals surface area contributed by atoms with Gasteiger partial charge < -0.3 is 10.5 Å². The van der Waals surface area contributed by atoms with Crippen LogP contribution in [-0.2, 0) is 0 Å². The molecule has 1 aliphatic heterocycles. The highest BCUT2D eigenvalue weighted by atomic mass is 35.5. The number of ether oxygens (including phenoxy) is 1. The van der Waals surface area contributed by atoms with Crippen LogP contribution in [0, 0.1) is 5.41 Å². The van der Waals surface area contributed by atoms with E-state index in [0.29, 0.717) is 5.41 Å². The molecule has 2 N–H and O–H groups in total. The number of hydrogen-bond acceptors (Lipinski definition) is 2. The van der Waals surface area contributed by atoms with Gasteiger partial charge in [-0.1, -0.05) is 18.5 Å². The van der Waals surface area contributed by atoms with Crippen molar-refractivity contribution in [2.45, 2.75) is 44.8 Å². The van der Waals surface area contributed by atoms with E-state index in [1.807, 2.05) is 18.2 Å². The molecular weight excluding hydrogens is 234 g/mol. The molecule has 0 spiro atoms. The Balaban J connectivity index is 2.01. The predicted octanol–water partition coefficient (Wildman–Crippen LogP) is 3.68. The van der Waals surface area contributed by atoms with Gasteiger partial charge in [0.2, 0.25) is 0 Å². The van der Waals surface area contributed by atoms with Crippen molar-refractivity contribution in [3.05, 3.63) is 28.8 Å². The van der Waals surface area contributed by atoms with E-state index in [-0.39, 0.29) is 11.6 Å². The van der Waals surface area contributed by atoms with E-state index in [0.717, 1.165) is 22.8 Å². The van der Waals surface area contributed by atoms with Crippen LogP contribution in [0.15, 0.2) is 18.2 Å². The van der Waals surface area contributed by atoms with Crippen LogP contribution < -0.4 is 10.5 Å². The molecule has 0 amide bonds. The maximum absolute atomic E-state index is 6.28. The quantitative estimate of drug-likeness (QED) is 0.826. The molecule has 1 aliphatic carbocycles. The molecule has 2 nitrogen and oxygen atoms in total. The van der Waals surface area contributed by atoms with Crippen molar-refractivity contribution in [3.8, 4) is 5.75 Å². The third-order valence-electron chi connectivity index (χ3n) is 4.59. The van der Waals surface area contributed by atoms with Crippen LogP contribution in [0.1, 0.15) is 44.7 Å². The second-order valence-electron chi connectivity index (χ2n) is 5.89. The zero-order valence-electron chi connectivity index (χ0n) is 10.3. The van der Waals surface area contributed by atoms with Crippen LogP contribution in [-0.4, -0.2) is 5.60 Å². The van der Waals surface area contributed by atoms with Gasteiger partial charge in [0.05, 0.1) is 0 Å². The highest BCUT2D eigenvalue weighted by Gasteiger charge is 2.57. The molecule has 2 atom stereocenters. The van der Waals surface area contributed by atoms with E-state index in [1.54, 1.807) is 0 Å². The van der Waals surface area contributed by atoms with E-state index in [2.05, 4.69) is 13.8 Å². The van der Waals surface area contributed by atoms with Crippen molar-refractivity contribution in [3.63, 3.8) is 0 Å². The van der Waals surface area contributed by atoms with E-state index in [9.17, 15) is 0 Å². The number of benzene rings is 1. The standard InChI is InChI=1S/C14H18ClNO/c1-13(5-6-13)14(2)8-11(16)10-7-9(15)3-4-12(10)17-14/h3-4,7,11H,5-6,8,16H2,1-2H3/t11-,14?/m1/s1. The lowest BCUT2D eigenvalue weighted by Gasteiger charge is -2.43. The maximum atomic E-state index is 6.28. The minimum atomic E-state index is -0.132. The summed E-state index contributed by atoms with van der Waals surface area (Å²) in [7, 11) is 0. The van der Waals surface area contributed by atoms with E-state index in [1.165, 1.54) is 12.8 Å². The Bertz CT molecular complexity index is 469. The Morgan fingerprint density at radius 3 is 2.71 bits per heavy atom. The summed E-state index contributed by atoms with van der Waals surface area (Å²) in [5, 5.41) is 0.726. The van der Waals surface area contributed by atoms with E-state index in [4.69, 9.17) is 22.1 Å². The summed E-state index contributed by atoms with van der Waals surface area (Å²) >= 11 is 6.00. The first-order valence-corrected chi connectivity index (χ1v) is 6.55. The highest BCUT2D eigenvalue weighted by Crippen LogP contribution is 2.59. The summed E-state index contributed by atoms with van der Waals surface area (Å²) in [5.41, 5.74) is 7.48. The molecule has 3 heteroatoms. The molecule has 1 heterocycles. The van der Waals surface area contributed by atoms with Crippen molar-refractivity contribution in [1.82, 2.24) is 0 Å². The lowest BCUT2D eigenvalue weighted by atomic mass is 9.78. The minimum Gasteiger partial charge on any atom is -0.487 e. The monoisotopic (exact) mass is 251 g/mol. The Labute approximate surface area is 107 Å². The van der Waals surface area contributed by atoms with Gasteiger partial charge in [0.25, 0.3) is 0 Å². The van der Waals surface area contributed by atoms with Crippen LogP contribution in [0.4, 0.5) is 0 Å². The second kappa shape index (κ2) is 3.39. The number of fused-ring (bicyclic) bond motifs is 1. The van der Waals surface area contributed by atoms with Crippen molar-refractivity contribution >= 4 is 11.6 Å². The Morgan fingerprint density at radius 2 is 2.06 bits per heavy atom. The summed E-state index contributed by atoms with van der Waals surface area (Å²) in [6.07, 6.45) is 3.34. The Kier molecular flexibility index (Phi) is 2.27. The number of rotatable bonds is 1. The van der Waals surface area contributed by atoms with E-state index < -0.39 is 0 Å². The summed E-state index contributed by atoms with van der Waals surface area (Å²) in [6, 6.07) is 5.77. The maximum Gasteiger partial charge on any atom is 0.125 e. The molecule has 0 radical (unpaired) electrons. The van der Waals surface area contributed by atoms with Crippen molar-refractivity contribution in [1.29, 1.82) is 0 Å². The summed E-state index contributed by atoms with van der Waals surface area (Å²) in [4.78, 5) is 0. The normalized spacial score (nSPS) is 33.8. The molecule has 1 saturated carbocycles. The van der Waals surface area contributed by atoms with Gasteiger partial charge in [-0.25, -0.2) is 0 Å². The van der Waals surface area contributed by atoms with Crippen LogP contribution >= 0.6 is 11.6 Å². The molecule has 1 fully saturated rings. The number of halogens is 1. The average Bonchev–Trinajstić information content (AvgIpc) is 3.00. The third-order valence-corrected chi connectivity index (χ3v) is 4.83. The molecule has 1 unspecified atom stereocenters. The lowest BCUT2D eigenvalue weighted by Crippen LogP contribution is -2.46. The Hall–Kier alpha value is -0.730. The zero-order valence-corrected chi connectivity index (χ0v) is 11.1. The van der Waals surface area contributed by atoms with Crippen LogP contribution in [0.3, 0.4) is 0 Å². The van der Waals surface area contributed by atoms with Crippen molar-refractivity contribution in [2.75, 3.05) is 0 Å². The van der Waals surface area contributed by atoms with Crippen molar-refractivity contribution in [2.24, 2.45) is 11.1 Å². The highest BCUT2D eigenvalue weighted by molar-refractivity contribution is 6.30. The van der Waals surface area contributed by atoms with Gasteiger partial charge in [-0.3, -0.25) is 0 Å². The SMILES string of the molecule is CC1(C2(C)C[C@@H](N)c3cc(Cl)ccc3O2)CC1. The summed E-state index contributed by atoms with van der Waals surface area (Å²) in [5.74, 6) is 0.906. The molecule has 92 valence electrons. The zero-order chi connectivity index (χ0) is 12.3. The summed E-state index contributed by atoms with van der Waals surface area (Å²) < 4.78 is 6.23. The number of hydrogen-bond donors (Lipinski definition) is 1. The third kappa shape index (κ3) is 1.66. The predicted molar refractivity (Wildman–Crippen MR) is 69.4 cm³/mol. The molecule has 1 aromatic carbocycles. The van der Waals surface area contributed by atoms with Gasteiger partial charge in [-0.05, 0) is 38.0 Å². The first-order valence-electron chi connectivity index (χ1n) is 6.18. The smallest absolute Gasteiger partial charge is 0.125 e. The fourth-order valence-electron chi connectivity index (χ4n) is 2.80. The average molecular weight is 252 g/mol. The first-order chi connectivity index (χ1) is 7.94. The first kappa shape index (κ1) is 11.4. The molecule has 2 aliphatic rings. The molecule has 0 bridgehead atoms. The second-order valence-corrected chi connectivity index (χ2v) is 6.32. The van der Waals surface area contributed by atoms with E-state index >= 15 is 0 Å².